The summed E-state index contributed by atoms with van der Waals surface area (Å²) in [5.41, 5.74) is 2.50. The quantitative estimate of drug-likeness (QED) is 0.831. The lowest BCUT2D eigenvalue weighted by molar-refractivity contribution is 0.0696. The van der Waals surface area contributed by atoms with E-state index in [4.69, 9.17) is 5.11 Å². The Hall–Kier alpha value is -2.23. The Labute approximate surface area is 92.6 Å². The molecule has 2 aromatic rings. The van der Waals surface area contributed by atoms with Crippen molar-refractivity contribution in [1.29, 1.82) is 0 Å². The predicted octanol–water partition coefficient (Wildman–Crippen LogP) is 2.15. The molecule has 16 heavy (non-hydrogen) atoms. The van der Waals surface area contributed by atoms with Gasteiger partial charge >= 0.3 is 5.97 Å². The Morgan fingerprint density at radius 2 is 2.00 bits per heavy atom. The number of carboxylic acids is 1. The van der Waals surface area contributed by atoms with Crippen LogP contribution in [0.3, 0.4) is 0 Å². The first kappa shape index (κ1) is 10.3. The summed E-state index contributed by atoms with van der Waals surface area (Å²) >= 11 is 0. The van der Waals surface area contributed by atoms with E-state index >= 15 is 0 Å². The number of pyridine rings is 2. The third-order valence-electron chi connectivity index (χ3n) is 2.16. The third-order valence-corrected chi connectivity index (χ3v) is 2.16. The molecule has 2 heterocycles. The molecule has 0 radical (unpaired) electrons. The standard InChI is InChI=1S/C12H10N2O2/c1-8-3-2-4-11(14-8)10-6-5-9(7-13-10)12(15)16/h2-7H,1H3,(H,15,16). The first-order chi connectivity index (χ1) is 7.66. The van der Waals surface area contributed by atoms with Crippen molar-refractivity contribution >= 4 is 5.97 Å². The van der Waals surface area contributed by atoms with E-state index in [9.17, 15) is 4.79 Å². The maximum Gasteiger partial charge on any atom is 0.337 e. The average molecular weight is 214 g/mol. The summed E-state index contributed by atoms with van der Waals surface area (Å²) in [5, 5.41) is 8.73. The number of hydrogen-bond acceptors (Lipinski definition) is 3. The molecule has 0 aromatic carbocycles. The van der Waals surface area contributed by atoms with Gasteiger partial charge in [0.25, 0.3) is 0 Å². The van der Waals surface area contributed by atoms with Gasteiger partial charge in [0, 0.05) is 11.9 Å². The van der Waals surface area contributed by atoms with Gasteiger partial charge in [0.15, 0.2) is 0 Å². The van der Waals surface area contributed by atoms with Gasteiger partial charge in [-0.3, -0.25) is 9.97 Å². The average Bonchev–Trinajstić information content (AvgIpc) is 2.29. The Kier molecular flexibility index (Phi) is 2.64. The Balaban J connectivity index is 2.38. The van der Waals surface area contributed by atoms with Crippen LogP contribution in [-0.2, 0) is 0 Å². The van der Waals surface area contributed by atoms with Gasteiger partial charge in [-0.25, -0.2) is 4.79 Å². The topological polar surface area (TPSA) is 63.1 Å². The summed E-state index contributed by atoms with van der Waals surface area (Å²) in [7, 11) is 0. The van der Waals surface area contributed by atoms with Gasteiger partial charge in [-0.2, -0.15) is 0 Å². The summed E-state index contributed by atoms with van der Waals surface area (Å²) in [6.07, 6.45) is 1.34. The van der Waals surface area contributed by atoms with E-state index in [2.05, 4.69) is 9.97 Å². The minimum atomic E-state index is -0.976. The van der Waals surface area contributed by atoms with Crippen molar-refractivity contribution in [2.75, 3.05) is 0 Å². The van der Waals surface area contributed by atoms with Crippen LogP contribution in [0.2, 0.25) is 0 Å². The molecule has 1 N–H and O–H groups in total. The lowest BCUT2D eigenvalue weighted by atomic mass is 10.2. The number of nitrogens with zero attached hydrogens (tertiary/aromatic N) is 2. The summed E-state index contributed by atoms with van der Waals surface area (Å²) in [6.45, 7) is 1.90. The number of hydrogen-bond donors (Lipinski definition) is 1. The van der Waals surface area contributed by atoms with Crippen LogP contribution < -0.4 is 0 Å². The molecule has 0 saturated heterocycles. The molecule has 2 rings (SSSR count). The van der Waals surface area contributed by atoms with Crippen molar-refractivity contribution in [3.63, 3.8) is 0 Å². The van der Waals surface area contributed by atoms with Gasteiger partial charge in [-0.1, -0.05) is 6.07 Å². The first-order valence-electron chi connectivity index (χ1n) is 4.80. The monoisotopic (exact) mass is 214 g/mol. The van der Waals surface area contributed by atoms with Crippen molar-refractivity contribution in [2.45, 2.75) is 6.92 Å². The van der Waals surface area contributed by atoms with E-state index in [1.165, 1.54) is 12.3 Å². The maximum absolute atomic E-state index is 10.6. The summed E-state index contributed by atoms with van der Waals surface area (Å²) in [5.74, 6) is -0.976. The fourth-order valence-electron chi connectivity index (χ4n) is 1.36. The SMILES string of the molecule is Cc1cccc(-c2ccc(C(=O)O)cn2)n1. The van der Waals surface area contributed by atoms with Crippen LogP contribution in [0.4, 0.5) is 0 Å². The largest absolute Gasteiger partial charge is 0.478 e. The minimum absolute atomic E-state index is 0.177. The van der Waals surface area contributed by atoms with E-state index in [-0.39, 0.29) is 5.56 Å². The normalized spacial score (nSPS) is 10.1. The first-order valence-corrected chi connectivity index (χ1v) is 4.80. The van der Waals surface area contributed by atoms with Gasteiger partial charge in [0.2, 0.25) is 0 Å². The minimum Gasteiger partial charge on any atom is -0.478 e. The number of carbonyl (C=O) groups is 1. The lowest BCUT2D eigenvalue weighted by Crippen LogP contribution is -1.97. The van der Waals surface area contributed by atoms with Crippen LogP contribution in [0.1, 0.15) is 16.1 Å². The van der Waals surface area contributed by atoms with Crippen LogP contribution >= 0.6 is 0 Å². The molecule has 2 aromatic heterocycles. The molecule has 80 valence electrons. The van der Waals surface area contributed by atoms with Crippen LogP contribution in [-0.4, -0.2) is 21.0 Å². The second-order valence-electron chi connectivity index (χ2n) is 3.40. The zero-order chi connectivity index (χ0) is 11.5. The molecule has 0 aliphatic rings. The highest BCUT2D eigenvalue weighted by Gasteiger charge is 2.05. The Morgan fingerprint density at radius 3 is 2.56 bits per heavy atom. The summed E-state index contributed by atoms with van der Waals surface area (Å²) in [6, 6.07) is 8.81. The van der Waals surface area contributed by atoms with E-state index < -0.39 is 5.97 Å². The molecule has 0 amide bonds. The molecule has 0 fully saturated rings. The van der Waals surface area contributed by atoms with Crippen LogP contribution in [0.15, 0.2) is 36.5 Å². The molecule has 4 nitrogen and oxygen atoms in total. The van der Waals surface area contributed by atoms with E-state index in [0.29, 0.717) is 5.69 Å². The van der Waals surface area contributed by atoms with Crippen molar-refractivity contribution in [3.8, 4) is 11.4 Å². The lowest BCUT2D eigenvalue weighted by Gasteiger charge is -2.01. The number of aromatic nitrogens is 2. The molecule has 0 spiro atoms. The molecule has 4 heteroatoms. The van der Waals surface area contributed by atoms with Crippen LogP contribution in [0.5, 0.6) is 0 Å². The molecule has 0 aliphatic carbocycles. The van der Waals surface area contributed by atoms with Crippen LogP contribution in [0, 0.1) is 6.92 Å². The number of carboxylic acid groups (broad SMARTS) is 1. The van der Waals surface area contributed by atoms with Gasteiger partial charge in [0.1, 0.15) is 0 Å². The predicted molar refractivity (Wildman–Crippen MR) is 59.2 cm³/mol. The molecular weight excluding hydrogens is 204 g/mol. The molecule has 0 aliphatic heterocycles. The van der Waals surface area contributed by atoms with Gasteiger partial charge in [-0.05, 0) is 31.2 Å². The second kappa shape index (κ2) is 4.10. The Bertz CT molecular complexity index is 521. The smallest absolute Gasteiger partial charge is 0.337 e. The van der Waals surface area contributed by atoms with Crippen molar-refractivity contribution < 1.29 is 9.90 Å². The fraction of sp³-hybridized carbons (Fsp3) is 0.0833. The van der Waals surface area contributed by atoms with Crippen molar-refractivity contribution in [2.24, 2.45) is 0 Å². The number of aryl methyl sites for hydroxylation is 1. The Morgan fingerprint density at radius 1 is 1.19 bits per heavy atom. The molecule has 0 bridgehead atoms. The van der Waals surface area contributed by atoms with E-state index in [1.807, 2.05) is 25.1 Å². The molecule has 0 atom stereocenters. The van der Waals surface area contributed by atoms with E-state index in [0.717, 1.165) is 11.4 Å². The van der Waals surface area contributed by atoms with Crippen molar-refractivity contribution in [3.05, 3.63) is 47.8 Å². The zero-order valence-electron chi connectivity index (χ0n) is 8.71. The van der Waals surface area contributed by atoms with Gasteiger partial charge in [-0.15, -0.1) is 0 Å². The van der Waals surface area contributed by atoms with E-state index in [1.54, 1.807) is 6.07 Å². The molecular formula is C12H10N2O2. The number of aromatic carboxylic acids is 1. The zero-order valence-corrected chi connectivity index (χ0v) is 8.71. The summed E-state index contributed by atoms with van der Waals surface area (Å²) < 4.78 is 0. The highest BCUT2D eigenvalue weighted by molar-refractivity contribution is 5.87. The highest BCUT2D eigenvalue weighted by Crippen LogP contribution is 2.14. The maximum atomic E-state index is 10.6. The molecule has 0 unspecified atom stereocenters. The fourth-order valence-corrected chi connectivity index (χ4v) is 1.36. The second-order valence-corrected chi connectivity index (χ2v) is 3.40. The van der Waals surface area contributed by atoms with Gasteiger partial charge in [0.05, 0.1) is 17.0 Å². The summed E-state index contributed by atoms with van der Waals surface area (Å²) in [4.78, 5) is 19.0. The van der Waals surface area contributed by atoms with Crippen LogP contribution in [0.25, 0.3) is 11.4 Å². The third kappa shape index (κ3) is 2.06. The van der Waals surface area contributed by atoms with Gasteiger partial charge < -0.3 is 5.11 Å². The van der Waals surface area contributed by atoms with Crippen molar-refractivity contribution in [1.82, 2.24) is 9.97 Å². The highest BCUT2D eigenvalue weighted by atomic mass is 16.4. The molecule has 0 saturated carbocycles. The number of rotatable bonds is 2.